The van der Waals surface area contributed by atoms with Crippen molar-refractivity contribution in [3.63, 3.8) is 0 Å². The highest BCUT2D eigenvalue weighted by atomic mass is 16.5. The Hall–Kier alpha value is -3.86. The van der Waals surface area contributed by atoms with E-state index in [2.05, 4.69) is 0 Å². The van der Waals surface area contributed by atoms with E-state index in [1.807, 2.05) is 97.1 Å². The molecule has 2 atom stereocenters. The predicted molar refractivity (Wildman–Crippen MR) is 134 cm³/mol. The molecular weight excluding hydrogens is 424 g/mol. The van der Waals surface area contributed by atoms with Gasteiger partial charge in [-0.25, -0.2) is 0 Å². The van der Waals surface area contributed by atoms with Crippen molar-refractivity contribution >= 4 is 11.6 Å². The van der Waals surface area contributed by atoms with Crippen molar-refractivity contribution in [2.24, 2.45) is 0 Å². The molecule has 0 spiro atoms. The van der Waals surface area contributed by atoms with Gasteiger partial charge in [0.05, 0.1) is 0 Å². The normalized spacial score (nSPS) is 12.1. The number of benzene rings is 4. The monoisotopic (exact) mass is 452 g/mol. The summed E-state index contributed by atoms with van der Waals surface area (Å²) in [6, 6.07) is 37.4. The lowest BCUT2D eigenvalue weighted by atomic mass is 10.00. The number of ketones is 2. The van der Waals surface area contributed by atoms with Crippen molar-refractivity contribution in [3.8, 4) is 0 Å². The van der Waals surface area contributed by atoms with Gasteiger partial charge in [0, 0.05) is 25.3 Å². The van der Waals surface area contributed by atoms with Crippen LogP contribution in [0.15, 0.2) is 121 Å². The minimum absolute atomic E-state index is 0.0145. The quantitative estimate of drug-likeness (QED) is 0.286. The molecule has 0 saturated heterocycles. The zero-order valence-corrected chi connectivity index (χ0v) is 19.3. The number of Topliss-reactive ketones (excluding diaryl/α,β-unsaturated/α-hetero) is 2. The molecule has 172 valence electrons. The van der Waals surface area contributed by atoms with Crippen LogP contribution in [-0.4, -0.2) is 25.8 Å². The van der Waals surface area contributed by atoms with Crippen LogP contribution in [0.5, 0.6) is 0 Å². The second-order valence-corrected chi connectivity index (χ2v) is 7.51. The summed E-state index contributed by atoms with van der Waals surface area (Å²) >= 11 is 0. The van der Waals surface area contributed by atoms with Gasteiger partial charge in [-0.2, -0.15) is 0 Å². The van der Waals surface area contributed by atoms with Gasteiger partial charge in [-0.05, 0) is 11.1 Å². The average Bonchev–Trinajstić information content (AvgIpc) is 2.92. The second kappa shape index (κ2) is 13.0. The second-order valence-electron chi connectivity index (χ2n) is 7.51. The average molecular weight is 453 g/mol. The molecule has 34 heavy (non-hydrogen) atoms. The molecule has 0 aliphatic carbocycles. The van der Waals surface area contributed by atoms with Crippen molar-refractivity contribution in [2.45, 2.75) is 12.2 Å². The third-order valence-corrected chi connectivity index (χ3v) is 5.27. The topological polar surface area (TPSA) is 52.6 Å². The molecule has 0 fully saturated rings. The molecular formula is C30H28O4. The summed E-state index contributed by atoms with van der Waals surface area (Å²) in [7, 11) is 3.11. The predicted octanol–water partition coefficient (Wildman–Crippen LogP) is 6.51. The summed E-state index contributed by atoms with van der Waals surface area (Å²) in [6.07, 6.45) is -1.06. The summed E-state index contributed by atoms with van der Waals surface area (Å²) in [4.78, 5) is 24.5. The van der Waals surface area contributed by atoms with Crippen molar-refractivity contribution < 1.29 is 19.1 Å². The zero-order chi connectivity index (χ0) is 24.2. The first-order valence-corrected chi connectivity index (χ1v) is 11.0. The molecule has 4 nitrogen and oxygen atoms in total. The molecule has 0 aromatic heterocycles. The lowest BCUT2D eigenvalue weighted by Crippen LogP contribution is -2.14. The number of hydrogen-bond acceptors (Lipinski definition) is 4. The fourth-order valence-corrected chi connectivity index (χ4v) is 3.55. The number of methoxy groups -OCH3 is 2. The van der Waals surface area contributed by atoms with Crippen molar-refractivity contribution in [3.05, 3.63) is 144 Å². The Morgan fingerprint density at radius 3 is 1.00 bits per heavy atom. The molecule has 4 rings (SSSR count). The minimum Gasteiger partial charge on any atom is -0.369 e. The van der Waals surface area contributed by atoms with Crippen LogP contribution in [-0.2, 0) is 9.47 Å². The fourth-order valence-electron chi connectivity index (χ4n) is 3.55. The van der Waals surface area contributed by atoms with Crippen LogP contribution in [0.25, 0.3) is 0 Å². The van der Waals surface area contributed by atoms with Crippen LogP contribution in [0.2, 0.25) is 0 Å². The van der Waals surface area contributed by atoms with Gasteiger partial charge in [0.15, 0.2) is 11.6 Å². The molecule has 4 heteroatoms. The molecule has 4 aromatic rings. The lowest BCUT2D eigenvalue weighted by molar-refractivity contribution is 0.0600. The Balaban J connectivity index is 0.000000191. The van der Waals surface area contributed by atoms with Gasteiger partial charge in [0.2, 0.25) is 0 Å². The molecule has 0 aliphatic rings. The van der Waals surface area contributed by atoms with Crippen LogP contribution in [0.3, 0.4) is 0 Å². The van der Waals surface area contributed by atoms with Gasteiger partial charge in [-0.3, -0.25) is 9.59 Å². The molecule has 0 amide bonds. The summed E-state index contributed by atoms with van der Waals surface area (Å²) in [5.41, 5.74) is 3.10. The Bertz CT molecular complexity index is 1050. The first-order chi connectivity index (χ1) is 16.7. The van der Waals surface area contributed by atoms with Gasteiger partial charge in [-0.15, -0.1) is 0 Å². The third kappa shape index (κ3) is 6.58. The van der Waals surface area contributed by atoms with E-state index in [1.54, 1.807) is 38.5 Å². The van der Waals surface area contributed by atoms with E-state index < -0.39 is 12.2 Å². The summed E-state index contributed by atoms with van der Waals surface area (Å²) in [5.74, 6) is -0.0291. The van der Waals surface area contributed by atoms with Crippen molar-refractivity contribution in [1.82, 2.24) is 0 Å². The third-order valence-electron chi connectivity index (χ3n) is 5.27. The van der Waals surface area contributed by atoms with Crippen LogP contribution in [0, 0.1) is 0 Å². The molecule has 0 radical (unpaired) electrons. The Morgan fingerprint density at radius 1 is 0.471 bits per heavy atom. The maximum absolute atomic E-state index is 12.3. The fraction of sp³-hybridized carbons (Fsp3) is 0.133. The molecule has 0 N–H and O–H groups in total. The van der Waals surface area contributed by atoms with Gasteiger partial charge in [0.1, 0.15) is 12.2 Å². The number of hydrogen-bond donors (Lipinski definition) is 0. The van der Waals surface area contributed by atoms with Crippen LogP contribution >= 0.6 is 0 Å². The Labute approximate surface area is 200 Å². The summed E-state index contributed by atoms with van der Waals surface area (Å²) < 4.78 is 10.6. The summed E-state index contributed by atoms with van der Waals surface area (Å²) in [6.45, 7) is 0. The smallest absolute Gasteiger partial charge is 0.196 e. The van der Waals surface area contributed by atoms with Crippen LogP contribution < -0.4 is 0 Å². The van der Waals surface area contributed by atoms with Gasteiger partial charge in [-0.1, -0.05) is 121 Å². The highest BCUT2D eigenvalue weighted by Gasteiger charge is 2.21. The molecule has 0 bridgehead atoms. The maximum Gasteiger partial charge on any atom is 0.196 e. The van der Waals surface area contributed by atoms with Gasteiger partial charge in [0.25, 0.3) is 0 Å². The van der Waals surface area contributed by atoms with Crippen molar-refractivity contribution in [2.75, 3.05) is 14.2 Å². The molecule has 2 unspecified atom stereocenters. The highest BCUT2D eigenvalue weighted by molar-refractivity contribution is 6.00. The zero-order valence-electron chi connectivity index (χ0n) is 19.3. The minimum atomic E-state index is -0.529. The van der Waals surface area contributed by atoms with E-state index in [9.17, 15) is 9.59 Å². The summed E-state index contributed by atoms with van der Waals surface area (Å²) in [5, 5.41) is 0. The number of rotatable bonds is 8. The van der Waals surface area contributed by atoms with Crippen molar-refractivity contribution in [1.29, 1.82) is 0 Å². The highest BCUT2D eigenvalue weighted by Crippen LogP contribution is 2.22. The Morgan fingerprint density at radius 2 is 0.735 bits per heavy atom. The molecule has 0 saturated carbocycles. The number of carbonyl (C=O) groups excluding carboxylic acids is 2. The molecule has 0 heterocycles. The largest absolute Gasteiger partial charge is 0.369 e. The van der Waals surface area contributed by atoms with Gasteiger partial charge < -0.3 is 9.47 Å². The van der Waals surface area contributed by atoms with Crippen LogP contribution in [0.1, 0.15) is 44.1 Å². The Kier molecular flexibility index (Phi) is 9.47. The van der Waals surface area contributed by atoms with Gasteiger partial charge >= 0.3 is 0 Å². The van der Waals surface area contributed by atoms with E-state index in [0.29, 0.717) is 11.1 Å². The maximum atomic E-state index is 12.3. The SMILES string of the molecule is COC(C(=O)c1ccccc1)c1ccccc1.COC(C(=O)c1ccccc1)c1ccccc1. The van der Waals surface area contributed by atoms with Crippen LogP contribution in [0.4, 0.5) is 0 Å². The number of carbonyl (C=O) groups is 2. The standard InChI is InChI=1S/2C15H14O2/c2*1-17-15(13-10-6-3-7-11-13)14(16)12-8-4-2-5-9-12/h2*2-11,15H,1H3. The first-order valence-electron chi connectivity index (χ1n) is 11.0. The first kappa shape index (κ1) is 24.8. The van der Waals surface area contributed by atoms with E-state index in [-0.39, 0.29) is 11.6 Å². The molecule has 0 aliphatic heterocycles. The molecule has 4 aromatic carbocycles. The van der Waals surface area contributed by atoms with E-state index in [4.69, 9.17) is 9.47 Å². The number of ether oxygens (including phenoxy) is 2. The van der Waals surface area contributed by atoms with E-state index in [0.717, 1.165) is 11.1 Å². The van der Waals surface area contributed by atoms with E-state index >= 15 is 0 Å². The lowest BCUT2D eigenvalue weighted by Gasteiger charge is -2.14. The van der Waals surface area contributed by atoms with E-state index in [1.165, 1.54) is 0 Å².